The van der Waals surface area contributed by atoms with Crippen molar-refractivity contribution in [2.24, 2.45) is 5.73 Å². The first-order chi connectivity index (χ1) is 8.78. The lowest BCUT2D eigenvalue weighted by Crippen LogP contribution is -2.42. The molecule has 1 rings (SSSR count). The van der Waals surface area contributed by atoms with Crippen LogP contribution in [0.2, 0.25) is 0 Å². The third-order valence-corrected chi connectivity index (χ3v) is 2.38. The smallest absolute Gasteiger partial charge is 0.410 e. The number of nitrogens with two attached hydrogens (primary N) is 1. The average Bonchev–Trinajstić information content (AvgIpc) is 2.26. The standard InChI is InChI=1S/C15H24N2O2/c1-12(16)10-17(14(18)19-15(2,3)4)11-13-8-6-5-7-9-13/h5-9,12H,10-11,16H2,1-4H3. The van der Waals surface area contributed by atoms with E-state index in [0.29, 0.717) is 13.1 Å². The molecule has 1 aromatic carbocycles. The van der Waals surface area contributed by atoms with Gasteiger partial charge < -0.3 is 15.4 Å². The zero-order valence-electron chi connectivity index (χ0n) is 12.2. The first-order valence-corrected chi connectivity index (χ1v) is 6.55. The quantitative estimate of drug-likeness (QED) is 0.909. The minimum Gasteiger partial charge on any atom is -0.444 e. The zero-order valence-corrected chi connectivity index (χ0v) is 12.2. The van der Waals surface area contributed by atoms with Crippen LogP contribution >= 0.6 is 0 Å². The van der Waals surface area contributed by atoms with Gasteiger partial charge in [-0.05, 0) is 33.3 Å². The van der Waals surface area contributed by atoms with Crippen LogP contribution in [-0.4, -0.2) is 29.2 Å². The molecule has 4 nitrogen and oxygen atoms in total. The van der Waals surface area contributed by atoms with Crippen molar-refractivity contribution in [2.75, 3.05) is 6.54 Å². The monoisotopic (exact) mass is 264 g/mol. The van der Waals surface area contributed by atoms with Crippen LogP contribution in [0.4, 0.5) is 4.79 Å². The molecule has 0 radical (unpaired) electrons. The second-order valence-corrected chi connectivity index (χ2v) is 5.82. The first-order valence-electron chi connectivity index (χ1n) is 6.55. The number of benzene rings is 1. The summed E-state index contributed by atoms with van der Waals surface area (Å²) < 4.78 is 5.40. The van der Waals surface area contributed by atoms with E-state index >= 15 is 0 Å². The lowest BCUT2D eigenvalue weighted by atomic mass is 10.2. The van der Waals surface area contributed by atoms with Gasteiger partial charge in [-0.2, -0.15) is 0 Å². The topological polar surface area (TPSA) is 55.6 Å². The van der Waals surface area contributed by atoms with E-state index in [9.17, 15) is 4.79 Å². The van der Waals surface area contributed by atoms with Gasteiger partial charge in [0, 0.05) is 19.1 Å². The van der Waals surface area contributed by atoms with Gasteiger partial charge in [0.2, 0.25) is 0 Å². The van der Waals surface area contributed by atoms with Gasteiger partial charge in [-0.3, -0.25) is 0 Å². The molecule has 0 bridgehead atoms. The van der Waals surface area contributed by atoms with Crippen molar-refractivity contribution in [3.8, 4) is 0 Å². The van der Waals surface area contributed by atoms with Crippen LogP contribution in [0.15, 0.2) is 30.3 Å². The number of rotatable bonds is 4. The van der Waals surface area contributed by atoms with E-state index in [1.54, 1.807) is 4.90 Å². The summed E-state index contributed by atoms with van der Waals surface area (Å²) in [5, 5.41) is 0. The maximum atomic E-state index is 12.1. The fourth-order valence-corrected chi connectivity index (χ4v) is 1.68. The molecule has 0 aromatic heterocycles. The molecule has 0 aliphatic rings. The second kappa shape index (κ2) is 6.57. The molecule has 1 unspecified atom stereocenters. The molecule has 0 aliphatic carbocycles. The Morgan fingerprint density at radius 3 is 2.37 bits per heavy atom. The Balaban J connectivity index is 2.74. The molecule has 106 valence electrons. The van der Waals surface area contributed by atoms with Crippen molar-refractivity contribution in [2.45, 2.75) is 45.9 Å². The molecule has 0 saturated heterocycles. The summed E-state index contributed by atoms with van der Waals surface area (Å²) >= 11 is 0. The number of ether oxygens (including phenoxy) is 1. The van der Waals surface area contributed by atoms with E-state index in [-0.39, 0.29) is 12.1 Å². The average molecular weight is 264 g/mol. The highest BCUT2D eigenvalue weighted by Crippen LogP contribution is 2.12. The van der Waals surface area contributed by atoms with Crippen LogP contribution in [-0.2, 0) is 11.3 Å². The molecule has 1 aromatic rings. The molecule has 0 heterocycles. The van der Waals surface area contributed by atoms with Crippen LogP contribution in [0.5, 0.6) is 0 Å². The number of amides is 1. The second-order valence-electron chi connectivity index (χ2n) is 5.82. The fraction of sp³-hybridized carbons (Fsp3) is 0.533. The van der Waals surface area contributed by atoms with E-state index < -0.39 is 5.60 Å². The van der Waals surface area contributed by atoms with Crippen molar-refractivity contribution in [1.82, 2.24) is 4.90 Å². The summed E-state index contributed by atoms with van der Waals surface area (Å²) in [7, 11) is 0. The Morgan fingerprint density at radius 1 is 1.32 bits per heavy atom. The van der Waals surface area contributed by atoms with Crippen molar-refractivity contribution in [3.63, 3.8) is 0 Å². The highest BCUT2D eigenvalue weighted by atomic mass is 16.6. The van der Waals surface area contributed by atoms with Crippen LogP contribution < -0.4 is 5.73 Å². The van der Waals surface area contributed by atoms with Gasteiger partial charge in [-0.15, -0.1) is 0 Å². The van der Waals surface area contributed by atoms with Gasteiger partial charge in [0.25, 0.3) is 0 Å². The molecule has 19 heavy (non-hydrogen) atoms. The Kier molecular flexibility index (Phi) is 5.36. The van der Waals surface area contributed by atoms with E-state index in [4.69, 9.17) is 10.5 Å². The first kappa shape index (κ1) is 15.5. The van der Waals surface area contributed by atoms with E-state index in [1.807, 2.05) is 58.0 Å². The number of carbonyl (C=O) groups is 1. The highest BCUT2D eigenvalue weighted by Gasteiger charge is 2.22. The summed E-state index contributed by atoms with van der Waals surface area (Å²) in [4.78, 5) is 13.8. The van der Waals surface area contributed by atoms with E-state index in [2.05, 4.69) is 0 Å². The fourth-order valence-electron chi connectivity index (χ4n) is 1.68. The molecule has 2 N–H and O–H groups in total. The van der Waals surface area contributed by atoms with Crippen molar-refractivity contribution < 1.29 is 9.53 Å². The van der Waals surface area contributed by atoms with Crippen molar-refractivity contribution in [1.29, 1.82) is 0 Å². The molecule has 1 atom stereocenters. The van der Waals surface area contributed by atoms with Gasteiger partial charge in [0.15, 0.2) is 0 Å². The molecular formula is C15H24N2O2. The SMILES string of the molecule is CC(N)CN(Cc1ccccc1)C(=O)OC(C)(C)C. The van der Waals surface area contributed by atoms with Gasteiger partial charge in [-0.25, -0.2) is 4.79 Å². The number of carbonyl (C=O) groups excluding carboxylic acids is 1. The summed E-state index contributed by atoms with van der Waals surface area (Å²) in [5.41, 5.74) is 6.37. The Morgan fingerprint density at radius 2 is 1.89 bits per heavy atom. The molecule has 4 heteroatoms. The Bertz CT molecular complexity index is 396. The normalized spacial score (nSPS) is 12.9. The Labute approximate surface area is 115 Å². The van der Waals surface area contributed by atoms with Gasteiger partial charge in [0.1, 0.15) is 5.60 Å². The molecule has 0 fully saturated rings. The third kappa shape index (κ3) is 6.25. The van der Waals surface area contributed by atoms with Gasteiger partial charge in [-0.1, -0.05) is 30.3 Å². The molecule has 0 spiro atoms. The maximum absolute atomic E-state index is 12.1. The highest BCUT2D eigenvalue weighted by molar-refractivity contribution is 5.68. The maximum Gasteiger partial charge on any atom is 0.410 e. The van der Waals surface area contributed by atoms with Crippen LogP contribution in [0.25, 0.3) is 0 Å². The number of hydrogen-bond acceptors (Lipinski definition) is 3. The molecular weight excluding hydrogens is 240 g/mol. The zero-order chi connectivity index (χ0) is 14.5. The van der Waals surface area contributed by atoms with Gasteiger partial charge >= 0.3 is 6.09 Å². The van der Waals surface area contributed by atoms with Crippen LogP contribution in [0.1, 0.15) is 33.3 Å². The lowest BCUT2D eigenvalue weighted by Gasteiger charge is -2.28. The van der Waals surface area contributed by atoms with E-state index in [1.165, 1.54) is 0 Å². The van der Waals surface area contributed by atoms with E-state index in [0.717, 1.165) is 5.56 Å². The van der Waals surface area contributed by atoms with Crippen molar-refractivity contribution >= 4 is 6.09 Å². The summed E-state index contributed by atoms with van der Waals surface area (Å²) in [6.45, 7) is 8.44. The van der Waals surface area contributed by atoms with Crippen LogP contribution in [0.3, 0.4) is 0 Å². The van der Waals surface area contributed by atoms with Crippen molar-refractivity contribution in [3.05, 3.63) is 35.9 Å². The minimum atomic E-state index is -0.496. The summed E-state index contributed by atoms with van der Waals surface area (Å²) in [6, 6.07) is 9.74. The largest absolute Gasteiger partial charge is 0.444 e. The predicted molar refractivity (Wildman–Crippen MR) is 76.7 cm³/mol. The summed E-state index contributed by atoms with van der Waals surface area (Å²) in [5.74, 6) is 0. The number of nitrogens with zero attached hydrogens (tertiary/aromatic N) is 1. The minimum absolute atomic E-state index is 0.0868. The molecule has 0 saturated carbocycles. The number of hydrogen-bond donors (Lipinski definition) is 1. The predicted octanol–water partition coefficient (Wildman–Crippen LogP) is 2.77. The van der Waals surface area contributed by atoms with Crippen LogP contribution in [0, 0.1) is 0 Å². The Hall–Kier alpha value is -1.55. The van der Waals surface area contributed by atoms with Gasteiger partial charge in [0.05, 0.1) is 0 Å². The molecule has 0 aliphatic heterocycles. The summed E-state index contributed by atoms with van der Waals surface area (Å²) in [6.07, 6.45) is -0.325. The third-order valence-electron chi connectivity index (χ3n) is 2.38. The molecule has 1 amide bonds. The lowest BCUT2D eigenvalue weighted by molar-refractivity contribution is 0.0225.